The van der Waals surface area contributed by atoms with Crippen LogP contribution < -0.4 is 10.5 Å². The third-order valence-corrected chi connectivity index (χ3v) is 2.47. The van der Waals surface area contributed by atoms with Gasteiger partial charge in [-0.3, -0.25) is 0 Å². The molecule has 0 aliphatic heterocycles. The summed E-state index contributed by atoms with van der Waals surface area (Å²) in [5.41, 5.74) is 8.20. The van der Waals surface area contributed by atoms with E-state index in [-0.39, 0.29) is 0 Å². The van der Waals surface area contributed by atoms with Gasteiger partial charge in [-0.05, 0) is 23.8 Å². The van der Waals surface area contributed by atoms with Crippen molar-refractivity contribution < 1.29 is 4.74 Å². The number of nitrogen functional groups attached to an aromatic ring is 1. The zero-order valence-electron chi connectivity index (χ0n) is 8.77. The van der Waals surface area contributed by atoms with Crippen LogP contribution in [0.15, 0.2) is 36.5 Å². The number of ether oxygens (including phenoxy) is 1. The molecule has 0 unspecified atom stereocenters. The van der Waals surface area contributed by atoms with E-state index in [4.69, 9.17) is 22.1 Å². The largest absolute Gasteiger partial charge is 0.480 e. The molecule has 0 radical (unpaired) electrons. The molecule has 2 N–H and O–H groups in total. The summed E-state index contributed by atoms with van der Waals surface area (Å²) >= 11 is 5.92. The number of pyridine rings is 1. The summed E-state index contributed by atoms with van der Waals surface area (Å²) < 4.78 is 5.00. The molecule has 0 spiro atoms. The molecule has 0 fully saturated rings. The monoisotopic (exact) mass is 234 g/mol. The molecule has 1 aromatic heterocycles. The summed E-state index contributed by atoms with van der Waals surface area (Å²) in [7, 11) is 1.54. The second-order valence-corrected chi connectivity index (χ2v) is 3.77. The molecule has 0 aliphatic rings. The van der Waals surface area contributed by atoms with Crippen molar-refractivity contribution in [2.75, 3.05) is 12.8 Å². The normalized spacial score (nSPS) is 10.1. The molecule has 16 heavy (non-hydrogen) atoms. The minimum atomic E-state index is 0.436. The van der Waals surface area contributed by atoms with Crippen LogP contribution in [0.5, 0.6) is 5.88 Å². The van der Waals surface area contributed by atoms with Crippen LogP contribution >= 0.6 is 11.6 Å². The van der Waals surface area contributed by atoms with Crippen molar-refractivity contribution in [2.45, 2.75) is 0 Å². The summed E-state index contributed by atoms with van der Waals surface area (Å²) in [4.78, 5) is 4.11. The second-order valence-electron chi connectivity index (χ2n) is 3.33. The average molecular weight is 235 g/mol. The maximum Gasteiger partial charge on any atom is 0.236 e. The fraction of sp³-hybridized carbons (Fsp3) is 0.0833. The van der Waals surface area contributed by atoms with Gasteiger partial charge in [0.15, 0.2) is 0 Å². The predicted octanol–water partition coefficient (Wildman–Crippen LogP) is 2.99. The van der Waals surface area contributed by atoms with Crippen LogP contribution in [-0.4, -0.2) is 12.1 Å². The SMILES string of the molecule is COc1ncc(-c2cccc(Cl)c2)cc1N. The molecule has 1 heterocycles. The predicted molar refractivity (Wildman–Crippen MR) is 65.6 cm³/mol. The van der Waals surface area contributed by atoms with E-state index in [0.29, 0.717) is 16.6 Å². The van der Waals surface area contributed by atoms with Crippen molar-refractivity contribution >= 4 is 17.3 Å². The quantitative estimate of drug-likeness (QED) is 0.869. The molecule has 0 saturated carbocycles. The van der Waals surface area contributed by atoms with Crippen LogP contribution in [0, 0.1) is 0 Å². The van der Waals surface area contributed by atoms with Crippen LogP contribution in [0.4, 0.5) is 5.69 Å². The number of methoxy groups -OCH3 is 1. The molecule has 4 heteroatoms. The first-order valence-corrected chi connectivity index (χ1v) is 5.14. The van der Waals surface area contributed by atoms with Crippen LogP contribution in [0.2, 0.25) is 5.02 Å². The van der Waals surface area contributed by atoms with E-state index in [2.05, 4.69) is 4.98 Å². The Labute approximate surface area is 98.8 Å². The number of nitrogens with zero attached hydrogens (tertiary/aromatic N) is 1. The van der Waals surface area contributed by atoms with Gasteiger partial charge in [0.2, 0.25) is 5.88 Å². The van der Waals surface area contributed by atoms with Gasteiger partial charge in [0.05, 0.1) is 12.8 Å². The first-order valence-electron chi connectivity index (χ1n) is 4.76. The number of anilines is 1. The van der Waals surface area contributed by atoms with Gasteiger partial charge in [0.1, 0.15) is 0 Å². The lowest BCUT2D eigenvalue weighted by Crippen LogP contribution is -1.95. The van der Waals surface area contributed by atoms with Gasteiger partial charge in [0.25, 0.3) is 0 Å². The third-order valence-electron chi connectivity index (χ3n) is 2.23. The highest BCUT2D eigenvalue weighted by Crippen LogP contribution is 2.27. The number of hydrogen-bond donors (Lipinski definition) is 1. The summed E-state index contributed by atoms with van der Waals surface area (Å²) in [5, 5.41) is 0.687. The van der Waals surface area contributed by atoms with Gasteiger partial charge >= 0.3 is 0 Å². The molecule has 0 bridgehead atoms. The van der Waals surface area contributed by atoms with E-state index in [9.17, 15) is 0 Å². The van der Waals surface area contributed by atoms with Crippen molar-refractivity contribution in [2.24, 2.45) is 0 Å². The first kappa shape index (κ1) is 10.8. The van der Waals surface area contributed by atoms with E-state index in [1.807, 2.05) is 30.3 Å². The number of aromatic nitrogens is 1. The summed E-state index contributed by atoms with van der Waals surface area (Å²) in [6, 6.07) is 9.35. The van der Waals surface area contributed by atoms with Gasteiger partial charge < -0.3 is 10.5 Å². The topological polar surface area (TPSA) is 48.1 Å². The lowest BCUT2D eigenvalue weighted by Gasteiger charge is -2.06. The molecule has 0 aliphatic carbocycles. The molecule has 82 valence electrons. The van der Waals surface area contributed by atoms with E-state index in [1.165, 1.54) is 7.11 Å². The zero-order valence-corrected chi connectivity index (χ0v) is 9.53. The van der Waals surface area contributed by atoms with E-state index in [0.717, 1.165) is 11.1 Å². The van der Waals surface area contributed by atoms with Crippen LogP contribution in [0.1, 0.15) is 0 Å². The Morgan fingerprint density at radius 2 is 2.06 bits per heavy atom. The van der Waals surface area contributed by atoms with Crippen LogP contribution in [-0.2, 0) is 0 Å². The molecular weight excluding hydrogens is 224 g/mol. The van der Waals surface area contributed by atoms with Crippen molar-refractivity contribution in [3.05, 3.63) is 41.6 Å². The Kier molecular flexibility index (Phi) is 2.97. The number of halogens is 1. The summed E-state index contributed by atoms with van der Waals surface area (Å²) in [6.45, 7) is 0. The Morgan fingerprint density at radius 1 is 1.25 bits per heavy atom. The van der Waals surface area contributed by atoms with Crippen LogP contribution in [0.3, 0.4) is 0 Å². The standard InChI is InChI=1S/C12H11ClN2O/c1-16-12-11(14)6-9(7-15-12)8-3-2-4-10(13)5-8/h2-7H,14H2,1H3. The molecule has 0 amide bonds. The van der Waals surface area contributed by atoms with Crippen molar-refractivity contribution in [3.63, 3.8) is 0 Å². The van der Waals surface area contributed by atoms with Crippen LogP contribution in [0.25, 0.3) is 11.1 Å². The maximum atomic E-state index is 5.92. The Hall–Kier alpha value is -1.74. The Bertz CT molecular complexity index is 514. The van der Waals surface area contributed by atoms with Gasteiger partial charge in [-0.25, -0.2) is 4.98 Å². The molecule has 0 atom stereocenters. The molecule has 1 aromatic carbocycles. The van der Waals surface area contributed by atoms with E-state index < -0.39 is 0 Å². The zero-order chi connectivity index (χ0) is 11.5. The molecule has 3 nitrogen and oxygen atoms in total. The highest BCUT2D eigenvalue weighted by molar-refractivity contribution is 6.30. The van der Waals surface area contributed by atoms with Crippen molar-refractivity contribution in [1.82, 2.24) is 4.98 Å². The summed E-state index contributed by atoms with van der Waals surface area (Å²) in [6.07, 6.45) is 1.71. The Morgan fingerprint density at radius 3 is 2.69 bits per heavy atom. The Balaban J connectivity index is 2.45. The smallest absolute Gasteiger partial charge is 0.236 e. The lowest BCUT2D eigenvalue weighted by molar-refractivity contribution is 0.400. The minimum absolute atomic E-state index is 0.436. The number of benzene rings is 1. The maximum absolute atomic E-state index is 5.92. The number of hydrogen-bond acceptors (Lipinski definition) is 3. The van der Waals surface area contributed by atoms with Gasteiger partial charge in [0, 0.05) is 16.8 Å². The number of rotatable bonds is 2. The molecular formula is C12H11ClN2O. The lowest BCUT2D eigenvalue weighted by atomic mass is 10.1. The van der Waals surface area contributed by atoms with Crippen molar-refractivity contribution in [1.29, 1.82) is 0 Å². The molecule has 2 rings (SSSR count). The number of nitrogens with two attached hydrogens (primary N) is 1. The first-order chi connectivity index (χ1) is 7.70. The highest BCUT2D eigenvalue weighted by atomic mass is 35.5. The molecule has 0 saturated heterocycles. The summed E-state index contributed by atoms with van der Waals surface area (Å²) in [5.74, 6) is 0.436. The van der Waals surface area contributed by atoms with Gasteiger partial charge in [-0.15, -0.1) is 0 Å². The van der Waals surface area contributed by atoms with E-state index in [1.54, 1.807) is 6.20 Å². The third kappa shape index (κ3) is 2.09. The van der Waals surface area contributed by atoms with Gasteiger partial charge in [-0.1, -0.05) is 23.7 Å². The van der Waals surface area contributed by atoms with E-state index >= 15 is 0 Å². The molecule has 2 aromatic rings. The average Bonchev–Trinajstić information content (AvgIpc) is 2.29. The highest BCUT2D eigenvalue weighted by Gasteiger charge is 2.04. The fourth-order valence-corrected chi connectivity index (χ4v) is 1.66. The minimum Gasteiger partial charge on any atom is -0.480 e. The van der Waals surface area contributed by atoms with Crippen molar-refractivity contribution in [3.8, 4) is 17.0 Å². The fourth-order valence-electron chi connectivity index (χ4n) is 1.47. The van der Waals surface area contributed by atoms with Gasteiger partial charge in [-0.2, -0.15) is 0 Å². The second kappa shape index (κ2) is 4.41.